The highest BCUT2D eigenvalue weighted by Gasteiger charge is 2.27. The second-order valence-corrected chi connectivity index (χ2v) is 7.57. The molecule has 24 heavy (non-hydrogen) atoms. The number of allylic oxidation sites excluding steroid dienone is 3. The van der Waals surface area contributed by atoms with Gasteiger partial charge in [0.05, 0.1) is 0 Å². The van der Waals surface area contributed by atoms with Gasteiger partial charge in [-0.1, -0.05) is 69.0 Å². The summed E-state index contributed by atoms with van der Waals surface area (Å²) in [5.74, 6) is 0.516. The molecular formula is C24H23-. The maximum Gasteiger partial charge on any atom is 0.00886 e. The first-order valence-corrected chi connectivity index (χ1v) is 8.76. The van der Waals surface area contributed by atoms with E-state index >= 15 is 0 Å². The SMILES string of the molecule is CC(C)C1=C=C(C(C)(C)c2c3ccccc3c3cccc[c-]23)C=C1. The summed E-state index contributed by atoms with van der Waals surface area (Å²) >= 11 is 0. The summed E-state index contributed by atoms with van der Waals surface area (Å²) < 4.78 is 0. The molecule has 0 amide bonds. The van der Waals surface area contributed by atoms with Gasteiger partial charge in [0.2, 0.25) is 0 Å². The van der Waals surface area contributed by atoms with E-state index in [1.165, 1.54) is 38.3 Å². The molecule has 0 saturated heterocycles. The van der Waals surface area contributed by atoms with Crippen molar-refractivity contribution in [1.29, 1.82) is 0 Å². The molecule has 1 aliphatic carbocycles. The lowest BCUT2D eigenvalue weighted by Gasteiger charge is -2.28. The van der Waals surface area contributed by atoms with Crippen LogP contribution in [0.3, 0.4) is 0 Å². The topological polar surface area (TPSA) is 0 Å². The summed E-state index contributed by atoms with van der Waals surface area (Å²) in [4.78, 5) is 0. The van der Waals surface area contributed by atoms with E-state index in [1.807, 2.05) is 0 Å². The highest BCUT2D eigenvalue weighted by molar-refractivity contribution is 6.15. The van der Waals surface area contributed by atoms with Crippen LogP contribution in [-0.4, -0.2) is 0 Å². The molecule has 120 valence electrons. The van der Waals surface area contributed by atoms with E-state index in [-0.39, 0.29) is 5.41 Å². The molecular weight excluding hydrogens is 288 g/mol. The van der Waals surface area contributed by atoms with Gasteiger partial charge in [0, 0.05) is 11.0 Å². The number of rotatable bonds is 3. The Kier molecular flexibility index (Phi) is 3.34. The lowest BCUT2D eigenvalue weighted by molar-refractivity contribution is 0.654. The van der Waals surface area contributed by atoms with Crippen LogP contribution in [0.4, 0.5) is 0 Å². The minimum absolute atomic E-state index is 0.0736. The molecule has 0 spiro atoms. The first-order chi connectivity index (χ1) is 11.5. The summed E-state index contributed by atoms with van der Waals surface area (Å²) in [6, 6.07) is 17.6. The standard InChI is InChI=1S/C24H23/c1-16(2)17-13-14-18(15-17)24(3,4)23-21-11-7-5-9-19(21)20-10-6-8-12-22(20)23/h5-14,16H,1-4H3/q-1. The fourth-order valence-corrected chi connectivity index (χ4v) is 3.94. The smallest absolute Gasteiger partial charge is 0.00886 e. The molecule has 0 nitrogen and oxygen atoms in total. The summed E-state index contributed by atoms with van der Waals surface area (Å²) in [6.07, 6.45) is 4.49. The lowest BCUT2D eigenvalue weighted by atomic mass is 9.77. The van der Waals surface area contributed by atoms with Crippen LogP contribution in [0.1, 0.15) is 33.3 Å². The Balaban J connectivity index is 2.05. The molecule has 0 aromatic heterocycles. The van der Waals surface area contributed by atoms with Crippen molar-refractivity contribution in [2.24, 2.45) is 5.92 Å². The monoisotopic (exact) mass is 311 g/mol. The predicted molar refractivity (Wildman–Crippen MR) is 105 cm³/mol. The molecule has 4 rings (SSSR count). The Labute approximate surface area is 144 Å². The first kappa shape index (κ1) is 15.1. The largest absolute Gasteiger partial charge is 0.129 e. The van der Waals surface area contributed by atoms with E-state index in [9.17, 15) is 0 Å². The summed E-state index contributed by atoms with van der Waals surface area (Å²) in [6.45, 7) is 9.13. The third-order valence-electron chi connectivity index (χ3n) is 5.31. The molecule has 0 radical (unpaired) electrons. The van der Waals surface area contributed by atoms with Crippen molar-refractivity contribution in [3.63, 3.8) is 0 Å². The third kappa shape index (κ3) is 2.11. The summed E-state index contributed by atoms with van der Waals surface area (Å²) in [5, 5.41) is 5.44. The number of fused-ring (bicyclic) bond motifs is 3. The second kappa shape index (κ2) is 5.30. The highest BCUT2D eigenvalue weighted by atomic mass is 14.3. The summed E-state index contributed by atoms with van der Waals surface area (Å²) in [5.41, 5.74) is 7.61. The van der Waals surface area contributed by atoms with Gasteiger partial charge in [-0.25, -0.2) is 0 Å². The van der Waals surface area contributed by atoms with Crippen molar-refractivity contribution in [2.45, 2.75) is 33.1 Å². The van der Waals surface area contributed by atoms with Gasteiger partial charge in [-0.15, -0.1) is 46.2 Å². The molecule has 0 heterocycles. The fraction of sp³-hybridized carbons (Fsp3) is 0.250. The van der Waals surface area contributed by atoms with Crippen LogP contribution in [0, 0.1) is 5.92 Å². The van der Waals surface area contributed by atoms with E-state index in [0.717, 1.165) is 0 Å². The van der Waals surface area contributed by atoms with Crippen molar-refractivity contribution in [1.82, 2.24) is 0 Å². The zero-order valence-corrected chi connectivity index (χ0v) is 14.9. The van der Waals surface area contributed by atoms with Gasteiger partial charge in [0.1, 0.15) is 0 Å². The van der Waals surface area contributed by atoms with Crippen LogP contribution in [0.5, 0.6) is 0 Å². The Morgan fingerprint density at radius 2 is 1.62 bits per heavy atom. The quantitative estimate of drug-likeness (QED) is 0.374. The van der Waals surface area contributed by atoms with Gasteiger partial charge >= 0.3 is 0 Å². The highest BCUT2D eigenvalue weighted by Crippen LogP contribution is 2.45. The minimum Gasteiger partial charge on any atom is -0.129 e. The summed E-state index contributed by atoms with van der Waals surface area (Å²) in [7, 11) is 0. The van der Waals surface area contributed by atoms with Gasteiger partial charge < -0.3 is 0 Å². The maximum absolute atomic E-state index is 3.67. The maximum atomic E-state index is 3.67. The van der Waals surface area contributed by atoms with Gasteiger partial charge in [0.15, 0.2) is 0 Å². The van der Waals surface area contributed by atoms with Crippen LogP contribution in [-0.2, 0) is 5.41 Å². The van der Waals surface area contributed by atoms with E-state index in [4.69, 9.17) is 0 Å². The van der Waals surface area contributed by atoms with Crippen LogP contribution in [0.25, 0.3) is 21.5 Å². The number of benzene rings is 2. The average Bonchev–Trinajstić information content (AvgIpc) is 3.19. The van der Waals surface area contributed by atoms with Gasteiger partial charge in [0.25, 0.3) is 0 Å². The fourth-order valence-electron chi connectivity index (χ4n) is 3.94. The van der Waals surface area contributed by atoms with E-state index in [2.05, 4.69) is 94.1 Å². The Morgan fingerprint density at radius 1 is 0.917 bits per heavy atom. The van der Waals surface area contributed by atoms with E-state index in [0.29, 0.717) is 5.92 Å². The minimum atomic E-state index is -0.0736. The second-order valence-electron chi connectivity index (χ2n) is 7.57. The Morgan fingerprint density at radius 3 is 2.33 bits per heavy atom. The zero-order chi connectivity index (χ0) is 16.9. The van der Waals surface area contributed by atoms with Crippen LogP contribution < -0.4 is 0 Å². The molecule has 0 fully saturated rings. The van der Waals surface area contributed by atoms with Crippen LogP contribution in [0.15, 0.2) is 77.6 Å². The Bertz CT molecular complexity index is 975. The predicted octanol–water partition coefficient (Wildman–Crippen LogP) is 6.67. The number of hydrogen-bond acceptors (Lipinski definition) is 0. The first-order valence-electron chi connectivity index (χ1n) is 8.76. The van der Waals surface area contributed by atoms with Crippen molar-refractivity contribution in [3.8, 4) is 0 Å². The van der Waals surface area contributed by atoms with Gasteiger partial charge in [-0.05, 0) is 17.6 Å². The molecule has 1 aliphatic rings. The molecule has 0 atom stereocenters. The van der Waals surface area contributed by atoms with Crippen LogP contribution >= 0.6 is 0 Å². The molecule has 0 heteroatoms. The average molecular weight is 311 g/mol. The molecule has 3 aromatic carbocycles. The van der Waals surface area contributed by atoms with Crippen molar-refractivity contribution in [3.05, 3.63) is 83.1 Å². The van der Waals surface area contributed by atoms with E-state index in [1.54, 1.807) is 0 Å². The molecule has 0 N–H and O–H groups in total. The zero-order valence-electron chi connectivity index (χ0n) is 14.9. The van der Waals surface area contributed by atoms with Crippen molar-refractivity contribution < 1.29 is 0 Å². The van der Waals surface area contributed by atoms with Gasteiger partial charge in [-0.3, -0.25) is 0 Å². The molecule has 0 aliphatic heterocycles. The van der Waals surface area contributed by atoms with Crippen LogP contribution in [0.2, 0.25) is 0 Å². The Hall–Kier alpha value is -2.43. The van der Waals surface area contributed by atoms with Crippen molar-refractivity contribution in [2.75, 3.05) is 0 Å². The molecule has 0 bridgehead atoms. The normalized spacial score (nSPS) is 14.7. The van der Waals surface area contributed by atoms with Crippen molar-refractivity contribution >= 4 is 21.5 Å². The molecule has 3 aromatic rings. The molecule has 0 unspecified atom stereocenters. The third-order valence-corrected chi connectivity index (χ3v) is 5.31. The number of hydrogen-bond donors (Lipinski definition) is 0. The van der Waals surface area contributed by atoms with Gasteiger partial charge in [-0.2, -0.15) is 0 Å². The van der Waals surface area contributed by atoms with E-state index < -0.39 is 0 Å². The molecule has 0 saturated carbocycles. The lowest BCUT2D eigenvalue weighted by Crippen LogP contribution is -2.18.